The molecule has 0 saturated carbocycles. The van der Waals surface area contributed by atoms with Gasteiger partial charge in [0, 0.05) is 6.42 Å². The monoisotopic (exact) mass is 408 g/mol. The van der Waals surface area contributed by atoms with Crippen molar-refractivity contribution >= 4 is 29.7 Å². The van der Waals surface area contributed by atoms with Crippen molar-refractivity contribution in [1.29, 1.82) is 0 Å². The third-order valence-electron chi connectivity index (χ3n) is 3.94. The summed E-state index contributed by atoms with van der Waals surface area (Å²) in [5.74, 6) is -5.36. The molecule has 0 radical (unpaired) electrons. The first-order valence-corrected chi connectivity index (χ1v) is 8.73. The number of benzene rings is 1. The van der Waals surface area contributed by atoms with E-state index in [2.05, 4.69) is 10.6 Å². The molecule has 0 unspecified atom stereocenters. The molecule has 1 aromatic carbocycles. The maximum atomic E-state index is 12.3. The van der Waals surface area contributed by atoms with Crippen LogP contribution in [0.1, 0.15) is 24.8 Å². The number of rotatable bonds is 12. The van der Waals surface area contributed by atoms with E-state index in [1.54, 1.807) is 30.3 Å². The minimum absolute atomic E-state index is 0.157. The van der Waals surface area contributed by atoms with Gasteiger partial charge < -0.3 is 32.3 Å². The molecule has 11 heteroatoms. The Kier molecular flexibility index (Phi) is 9.26. The van der Waals surface area contributed by atoms with Gasteiger partial charge in [0.05, 0.1) is 12.5 Å². The maximum absolute atomic E-state index is 12.3. The highest BCUT2D eigenvalue weighted by Crippen LogP contribution is 2.04. The smallest absolute Gasteiger partial charge is 0.326 e. The Morgan fingerprint density at radius 1 is 0.931 bits per heavy atom. The average molecular weight is 408 g/mol. The molecule has 0 spiro atoms. The topological polar surface area (TPSA) is 202 Å². The normalized spacial score (nSPS) is 13.6. The number of nitrogens with one attached hydrogen (secondary N) is 2. The molecule has 158 valence electrons. The number of carbonyl (C=O) groups excluding carboxylic acids is 3. The van der Waals surface area contributed by atoms with E-state index in [-0.39, 0.29) is 19.3 Å². The second kappa shape index (κ2) is 11.4. The first kappa shape index (κ1) is 23.6. The lowest BCUT2D eigenvalue weighted by Gasteiger charge is -2.21. The lowest BCUT2D eigenvalue weighted by molar-refractivity contribution is -0.143. The number of aliphatic carboxylic acids is 2. The summed E-state index contributed by atoms with van der Waals surface area (Å²) in [4.78, 5) is 57.8. The summed E-state index contributed by atoms with van der Waals surface area (Å²) < 4.78 is 0. The van der Waals surface area contributed by atoms with E-state index in [0.717, 1.165) is 5.56 Å². The van der Waals surface area contributed by atoms with E-state index in [1.165, 1.54) is 0 Å². The molecular weight excluding hydrogens is 384 g/mol. The summed E-state index contributed by atoms with van der Waals surface area (Å²) in [6.45, 7) is 0. The second-order valence-electron chi connectivity index (χ2n) is 6.36. The molecule has 0 fully saturated rings. The van der Waals surface area contributed by atoms with Gasteiger partial charge in [0.1, 0.15) is 12.1 Å². The molecule has 3 atom stereocenters. The Hall–Kier alpha value is -3.47. The Bertz CT molecular complexity index is 754. The third-order valence-corrected chi connectivity index (χ3v) is 3.94. The van der Waals surface area contributed by atoms with E-state index < -0.39 is 54.2 Å². The standard InChI is InChI=1S/C18H24N4O7/c19-11(8-10-4-2-1-3-5-10)16(26)22-13(9-15(24)25)17(27)21-12(18(28)29)6-7-14(20)23/h1-5,11-13H,6-9,19H2,(H2,20,23)(H,21,27)(H,22,26)(H,24,25)(H,28,29)/t11-,12-,13-/m0/s1. The zero-order valence-electron chi connectivity index (χ0n) is 15.5. The highest BCUT2D eigenvalue weighted by atomic mass is 16.4. The molecule has 11 nitrogen and oxygen atoms in total. The fourth-order valence-corrected chi connectivity index (χ4v) is 2.44. The van der Waals surface area contributed by atoms with Gasteiger partial charge in [0.15, 0.2) is 0 Å². The van der Waals surface area contributed by atoms with Gasteiger partial charge in [-0.05, 0) is 18.4 Å². The number of hydrogen-bond acceptors (Lipinski definition) is 6. The number of carbonyl (C=O) groups is 5. The van der Waals surface area contributed by atoms with Crippen molar-refractivity contribution in [3.05, 3.63) is 35.9 Å². The summed E-state index contributed by atoms with van der Waals surface area (Å²) in [6.07, 6.45) is -1.20. The van der Waals surface area contributed by atoms with Gasteiger partial charge in [-0.2, -0.15) is 0 Å². The fraction of sp³-hybridized carbons (Fsp3) is 0.389. The van der Waals surface area contributed by atoms with Gasteiger partial charge >= 0.3 is 11.9 Å². The predicted molar refractivity (Wildman–Crippen MR) is 100 cm³/mol. The van der Waals surface area contributed by atoms with Crippen LogP contribution in [-0.2, 0) is 30.4 Å². The molecule has 0 aliphatic heterocycles. The summed E-state index contributed by atoms with van der Waals surface area (Å²) in [7, 11) is 0. The number of carboxylic acid groups (broad SMARTS) is 2. The van der Waals surface area contributed by atoms with Crippen LogP contribution >= 0.6 is 0 Å². The van der Waals surface area contributed by atoms with Crippen LogP contribution in [0.15, 0.2) is 30.3 Å². The third kappa shape index (κ3) is 8.84. The van der Waals surface area contributed by atoms with Crippen LogP contribution in [0.3, 0.4) is 0 Å². The van der Waals surface area contributed by atoms with Crippen LogP contribution in [0.4, 0.5) is 0 Å². The average Bonchev–Trinajstić information content (AvgIpc) is 2.64. The SMILES string of the molecule is NC(=O)CC[C@H](NC(=O)[C@H](CC(=O)O)NC(=O)[C@@H](N)Cc1ccccc1)C(=O)O. The molecule has 8 N–H and O–H groups in total. The Labute approximate surface area is 166 Å². The van der Waals surface area contributed by atoms with Crippen molar-refractivity contribution in [3.8, 4) is 0 Å². The molecule has 3 amide bonds. The highest BCUT2D eigenvalue weighted by Gasteiger charge is 2.29. The highest BCUT2D eigenvalue weighted by molar-refractivity contribution is 5.94. The van der Waals surface area contributed by atoms with E-state index in [4.69, 9.17) is 21.7 Å². The van der Waals surface area contributed by atoms with Crippen LogP contribution in [-0.4, -0.2) is 58.0 Å². The van der Waals surface area contributed by atoms with Gasteiger partial charge in [-0.25, -0.2) is 4.79 Å². The van der Waals surface area contributed by atoms with E-state index >= 15 is 0 Å². The predicted octanol–water partition coefficient (Wildman–Crippen LogP) is -1.65. The van der Waals surface area contributed by atoms with Crippen LogP contribution in [0.5, 0.6) is 0 Å². The van der Waals surface area contributed by atoms with Crippen LogP contribution < -0.4 is 22.1 Å². The molecule has 0 saturated heterocycles. The van der Waals surface area contributed by atoms with Crippen molar-refractivity contribution in [2.75, 3.05) is 0 Å². The molecule has 0 aliphatic carbocycles. The van der Waals surface area contributed by atoms with Gasteiger partial charge in [0.2, 0.25) is 17.7 Å². The first-order chi connectivity index (χ1) is 13.6. The zero-order chi connectivity index (χ0) is 22.0. The molecule has 1 aromatic rings. The summed E-state index contributed by atoms with van der Waals surface area (Å²) >= 11 is 0. The van der Waals surface area contributed by atoms with Crippen LogP contribution in [0, 0.1) is 0 Å². The molecular formula is C18H24N4O7. The lowest BCUT2D eigenvalue weighted by Crippen LogP contribution is -2.55. The number of carboxylic acids is 2. The van der Waals surface area contributed by atoms with Crippen molar-refractivity contribution in [2.24, 2.45) is 11.5 Å². The molecule has 0 aromatic heterocycles. The number of amides is 3. The van der Waals surface area contributed by atoms with Crippen LogP contribution in [0.2, 0.25) is 0 Å². The van der Waals surface area contributed by atoms with Gasteiger partial charge in [-0.1, -0.05) is 30.3 Å². The molecule has 0 bridgehead atoms. The Morgan fingerprint density at radius 3 is 2.03 bits per heavy atom. The quantitative estimate of drug-likeness (QED) is 0.236. The minimum Gasteiger partial charge on any atom is -0.481 e. The van der Waals surface area contributed by atoms with E-state index in [9.17, 15) is 24.0 Å². The summed E-state index contributed by atoms with van der Waals surface area (Å²) in [5, 5.41) is 22.5. The van der Waals surface area contributed by atoms with Gasteiger partial charge in [-0.15, -0.1) is 0 Å². The molecule has 0 aliphatic rings. The first-order valence-electron chi connectivity index (χ1n) is 8.73. The Morgan fingerprint density at radius 2 is 1.52 bits per heavy atom. The maximum Gasteiger partial charge on any atom is 0.326 e. The molecule has 0 heterocycles. The van der Waals surface area contributed by atoms with Crippen LogP contribution in [0.25, 0.3) is 0 Å². The largest absolute Gasteiger partial charge is 0.481 e. The molecule has 29 heavy (non-hydrogen) atoms. The van der Waals surface area contributed by atoms with Gasteiger partial charge in [0.25, 0.3) is 0 Å². The van der Waals surface area contributed by atoms with Gasteiger partial charge in [-0.3, -0.25) is 19.2 Å². The molecule has 1 rings (SSSR count). The van der Waals surface area contributed by atoms with Crippen molar-refractivity contribution in [1.82, 2.24) is 10.6 Å². The van der Waals surface area contributed by atoms with Crippen molar-refractivity contribution in [3.63, 3.8) is 0 Å². The minimum atomic E-state index is -1.54. The second-order valence-corrected chi connectivity index (χ2v) is 6.36. The fourth-order valence-electron chi connectivity index (χ4n) is 2.44. The van der Waals surface area contributed by atoms with Crippen molar-refractivity contribution < 1.29 is 34.2 Å². The number of primary amides is 1. The number of nitrogens with two attached hydrogens (primary N) is 2. The van der Waals surface area contributed by atoms with Crippen molar-refractivity contribution in [2.45, 2.75) is 43.8 Å². The Balaban J connectivity index is 2.79. The summed E-state index contributed by atoms with van der Waals surface area (Å²) in [6, 6.07) is 4.76. The summed E-state index contributed by atoms with van der Waals surface area (Å²) in [5.41, 5.74) is 11.6. The van der Waals surface area contributed by atoms with E-state index in [0.29, 0.717) is 0 Å². The zero-order valence-corrected chi connectivity index (χ0v) is 15.5. The van der Waals surface area contributed by atoms with E-state index in [1.807, 2.05) is 0 Å². The lowest BCUT2D eigenvalue weighted by atomic mass is 10.0. The number of hydrogen-bond donors (Lipinski definition) is 6.